The summed E-state index contributed by atoms with van der Waals surface area (Å²) in [5.74, 6) is 0.00594. The number of aromatic amines is 1. The lowest BCUT2D eigenvalue weighted by Crippen LogP contribution is -2.34. The predicted octanol–water partition coefficient (Wildman–Crippen LogP) is 5.74. The largest absolute Gasteiger partial charge is 0.381 e. The Labute approximate surface area is 217 Å². The van der Waals surface area contributed by atoms with E-state index < -0.39 is 0 Å². The second-order valence-corrected chi connectivity index (χ2v) is 10.3. The van der Waals surface area contributed by atoms with Crippen molar-refractivity contribution in [2.45, 2.75) is 57.9 Å². The van der Waals surface area contributed by atoms with E-state index in [1.165, 1.54) is 0 Å². The molecule has 0 bridgehead atoms. The number of hydrogen-bond acceptors (Lipinski definition) is 5. The van der Waals surface area contributed by atoms with Crippen LogP contribution in [0.25, 0.3) is 33.4 Å². The third-order valence-electron chi connectivity index (χ3n) is 8.17. The number of aromatic nitrogens is 5. The number of likely N-dealkylation sites (tertiary alicyclic amines) is 1. The van der Waals surface area contributed by atoms with Crippen LogP contribution in [0.5, 0.6) is 0 Å². The highest BCUT2D eigenvalue weighted by atomic mass is 19.1. The number of pyridine rings is 2. The van der Waals surface area contributed by atoms with Gasteiger partial charge in [-0.15, -0.1) is 0 Å². The number of piperidine rings is 1. The summed E-state index contributed by atoms with van der Waals surface area (Å²) in [6.45, 7) is 8.98. The number of halogens is 1. The van der Waals surface area contributed by atoms with Gasteiger partial charge in [0, 0.05) is 84.3 Å². The van der Waals surface area contributed by atoms with Crippen LogP contribution in [0, 0.1) is 5.82 Å². The van der Waals surface area contributed by atoms with Crippen LogP contribution in [0.15, 0.2) is 36.9 Å². The van der Waals surface area contributed by atoms with Crippen molar-refractivity contribution in [2.24, 2.45) is 0 Å². The standard InChI is InChI=1S/C29H35FN6O/c1-3-26-28(19-7-11-37-12-8-19)25(30)14-27(34-26)20-13-23-24(17-32-29(23)31-15-20)21-16-33-36(18-21)22-5-9-35(4-2)10-6-22/h13-19,22H,3-12H2,1-2H3,(H,31,32). The van der Waals surface area contributed by atoms with Crippen molar-refractivity contribution < 1.29 is 9.13 Å². The van der Waals surface area contributed by atoms with E-state index in [2.05, 4.69) is 38.7 Å². The molecule has 0 radical (unpaired) electrons. The Morgan fingerprint density at radius 1 is 1.05 bits per heavy atom. The van der Waals surface area contributed by atoms with Crippen LogP contribution in [0.2, 0.25) is 0 Å². The van der Waals surface area contributed by atoms with Crippen molar-refractivity contribution in [1.29, 1.82) is 0 Å². The molecular weight excluding hydrogens is 467 g/mol. The van der Waals surface area contributed by atoms with Gasteiger partial charge in [-0.1, -0.05) is 13.8 Å². The summed E-state index contributed by atoms with van der Waals surface area (Å²) in [7, 11) is 0. The Hall–Kier alpha value is -3.10. The normalized spacial score (nSPS) is 18.1. The van der Waals surface area contributed by atoms with Crippen molar-refractivity contribution in [3.63, 3.8) is 0 Å². The molecule has 2 saturated heterocycles. The number of nitrogens with zero attached hydrogens (tertiary/aromatic N) is 5. The van der Waals surface area contributed by atoms with Crippen LogP contribution in [-0.4, -0.2) is 62.5 Å². The summed E-state index contributed by atoms with van der Waals surface area (Å²) in [5.41, 5.74) is 5.97. The number of aryl methyl sites for hydroxylation is 1. The molecule has 6 heterocycles. The van der Waals surface area contributed by atoms with E-state index in [1.54, 1.807) is 12.3 Å². The molecule has 0 spiro atoms. The number of fused-ring (bicyclic) bond motifs is 1. The van der Waals surface area contributed by atoms with Gasteiger partial charge < -0.3 is 14.6 Å². The van der Waals surface area contributed by atoms with E-state index in [9.17, 15) is 0 Å². The molecule has 6 rings (SSSR count). The van der Waals surface area contributed by atoms with Crippen LogP contribution in [0.1, 0.15) is 62.7 Å². The highest BCUT2D eigenvalue weighted by molar-refractivity contribution is 5.95. The molecule has 7 nitrogen and oxygen atoms in total. The lowest BCUT2D eigenvalue weighted by Gasteiger charge is -2.31. The van der Waals surface area contributed by atoms with Crippen LogP contribution in [0.4, 0.5) is 4.39 Å². The Morgan fingerprint density at radius 3 is 2.62 bits per heavy atom. The van der Waals surface area contributed by atoms with Crippen LogP contribution in [-0.2, 0) is 11.2 Å². The van der Waals surface area contributed by atoms with Gasteiger partial charge >= 0.3 is 0 Å². The minimum absolute atomic E-state index is 0.168. The van der Waals surface area contributed by atoms with Crippen molar-refractivity contribution in [1.82, 2.24) is 29.6 Å². The molecule has 8 heteroatoms. The maximum absolute atomic E-state index is 15.5. The topological polar surface area (TPSA) is 71.9 Å². The molecule has 0 aromatic carbocycles. The van der Waals surface area contributed by atoms with Gasteiger partial charge in [0.15, 0.2) is 0 Å². The van der Waals surface area contributed by atoms with E-state index in [-0.39, 0.29) is 11.7 Å². The summed E-state index contributed by atoms with van der Waals surface area (Å²) in [5, 5.41) is 5.71. The predicted molar refractivity (Wildman–Crippen MR) is 143 cm³/mol. The molecule has 194 valence electrons. The van der Waals surface area contributed by atoms with E-state index in [1.807, 2.05) is 19.3 Å². The van der Waals surface area contributed by atoms with Gasteiger partial charge in [0.05, 0.1) is 17.9 Å². The van der Waals surface area contributed by atoms with E-state index in [0.717, 1.165) is 84.3 Å². The highest BCUT2D eigenvalue weighted by Gasteiger charge is 2.24. The number of ether oxygens (including phenoxy) is 1. The fourth-order valence-electron chi connectivity index (χ4n) is 5.97. The van der Waals surface area contributed by atoms with Gasteiger partial charge in [-0.05, 0) is 50.6 Å². The molecule has 2 aliphatic heterocycles. The van der Waals surface area contributed by atoms with Crippen molar-refractivity contribution in [2.75, 3.05) is 32.8 Å². The molecule has 0 aliphatic carbocycles. The minimum atomic E-state index is -0.168. The molecule has 0 amide bonds. The van der Waals surface area contributed by atoms with Gasteiger partial charge in [-0.25, -0.2) is 9.37 Å². The molecule has 2 fully saturated rings. The van der Waals surface area contributed by atoms with Crippen LogP contribution in [0.3, 0.4) is 0 Å². The maximum atomic E-state index is 15.5. The zero-order valence-electron chi connectivity index (χ0n) is 21.7. The fraction of sp³-hybridized carbons (Fsp3) is 0.483. The average Bonchev–Trinajstić information content (AvgIpc) is 3.60. The van der Waals surface area contributed by atoms with E-state index in [0.29, 0.717) is 31.4 Å². The van der Waals surface area contributed by atoms with Gasteiger partial charge in [-0.3, -0.25) is 9.67 Å². The molecule has 4 aromatic rings. The van der Waals surface area contributed by atoms with Gasteiger partial charge in [-0.2, -0.15) is 5.10 Å². The summed E-state index contributed by atoms with van der Waals surface area (Å²) < 4.78 is 23.1. The Balaban J connectivity index is 1.31. The molecular formula is C29H35FN6O. The first-order valence-electron chi connectivity index (χ1n) is 13.7. The number of rotatable bonds is 6. The van der Waals surface area contributed by atoms with E-state index >= 15 is 4.39 Å². The Bertz CT molecular complexity index is 1380. The number of nitrogens with one attached hydrogen (secondary N) is 1. The summed E-state index contributed by atoms with van der Waals surface area (Å²) in [4.78, 5) is 15.3. The van der Waals surface area contributed by atoms with Crippen molar-refractivity contribution >= 4 is 11.0 Å². The zero-order chi connectivity index (χ0) is 25.4. The second kappa shape index (κ2) is 10.3. The van der Waals surface area contributed by atoms with Crippen molar-refractivity contribution in [3.8, 4) is 22.4 Å². The molecule has 1 N–H and O–H groups in total. The molecule has 0 unspecified atom stereocenters. The molecule has 2 aliphatic rings. The van der Waals surface area contributed by atoms with E-state index in [4.69, 9.17) is 14.8 Å². The quantitative estimate of drug-likeness (QED) is 0.364. The number of hydrogen-bond donors (Lipinski definition) is 1. The summed E-state index contributed by atoms with van der Waals surface area (Å²) in [6, 6.07) is 4.09. The molecule has 37 heavy (non-hydrogen) atoms. The SMILES string of the molecule is CCc1nc(-c2cnc3[nH]cc(-c4cnn(C5CCN(CC)CC5)c4)c3c2)cc(F)c1C1CCOCC1. The van der Waals surface area contributed by atoms with Crippen LogP contribution < -0.4 is 0 Å². The monoisotopic (exact) mass is 502 g/mol. The first-order valence-corrected chi connectivity index (χ1v) is 13.7. The lowest BCUT2D eigenvalue weighted by atomic mass is 9.89. The molecule has 0 saturated carbocycles. The number of H-pyrrole nitrogens is 1. The molecule has 0 atom stereocenters. The fourth-order valence-corrected chi connectivity index (χ4v) is 5.97. The van der Waals surface area contributed by atoms with Gasteiger partial charge in [0.25, 0.3) is 0 Å². The van der Waals surface area contributed by atoms with Crippen LogP contribution >= 0.6 is 0 Å². The lowest BCUT2D eigenvalue weighted by molar-refractivity contribution is 0.0843. The van der Waals surface area contributed by atoms with Gasteiger partial charge in [0.1, 0.15) is 11.5 Å². The first-order chi connectivity index (χ1) is 18.1. The highest BCUT2D eigenvalue weighted by Crippen LogP contribution is 2.35. The molecule has 4 aromatic heterocycles. The third-order valence-corrected chi connectivity index (χ3v) is 8.17. The minimum Gasteiger partial charge on any atom is -0.381 e. The Morgan fingerprint density at radius 2 is 1.86 bits per heavy atom. The smallest absolute Gasteiger partial charge is 0.137 e. The zero-order valence-corrected chi connectivity index (χ0v) is 21.7. The third kappa shape index (κ3) is 4.68. The second-order valence-electron chi connectivity index (χ2n) is 10.3. The maximum Gasteiger partial charge on any atom is 0.137 e. The summed E-state index contributed by atoms with van der Waals surface area (Å²) in [6.07, 6.45) is 12.5. The average molecular weight is 503 g/mol. The van der Waals surface area contributed by atoms with Crippen molar-refractivity contribution in [3.05, 3.63) is 54.0 Å². The summed E-state index contributed by atoms with van der Waals surface area (Å²) >= 11 is 0. The first kappa shape index (κ1) is 24.2. The van der Waals surface area contributed by atoms with Gasteiger partial charge in [0.2, 0.25) is 0 Å². The Kier molecular flexibility index (Phi) is 6.78.